The molecule has 0 fully saturated rings. The Balaban J connectivity index is 1.93. The van der Waals surface area contributed by atoms with Gasteiger partial charge in [-0.25, -0.2) is 0 Å². The Labute approximate surface area is 95.8 Å². The number of fused-ring (bicyclic) bond motifs is 1. The first-order chi connectivity index (χ1) is 7.79. The maximum Gasteiger partial charge on any atom is 0.306 e. The Morgan fingerprint density at radius 3 is 3.19 bits per heavy atom. The van der Waals surface area contributed by atoms with E-state index in [4.69, 9.17) is 4.74 Å². The van der Waals surface area contributed by atoms with E-state index < -0.39 is 0 Å². The second-order valence-electron chi connectivity index (χ2n) is 3.97. The first kappa shape index (κ1) is 11.0. The molecule has 3 heteroatoms. The molecule has 0 unspecified atom stereocenters. The van der Waals surface area contributed by atoms with E-state index in [0.29, 0.717) is 13.0 Å². The third kappa shape index (κ3) is 2.54. The van der Waals surface area contributed by atoms with Gasteiger partial charge in [0.2, 0.25) is 0 Å². The van der Waals surface area contributed by atoms with E-state index in [1.54, 1.807) is 0 Å². The SMILES string of the molecule is CCOC(=O)CCc1ccc2c(c1)CCN2. The van der Waals surface area contributed by atoms with Crippen molar-refractivity contribution in [3.8, 4) is 0 Å². The molecule has 0 spiro atoms. The zero-order valence-corrected chi connectivity index (χ0v) is 9.58. The van der Waals surface area contributed by atoms with Crippen LogP contribution in [0.15, 0.2) is 18.2 Å². The van der Waals surface area contributed by atoms with Crippen LogP contribution < -0.4 is 5.32 Å². The summed E-state index contributed by atoms with van der Waals surface area (Å²) in [7, 11) is 0. The molecule has 0 atom stereocenters. The van der Waals surface area contributed by atoms with E-state index in [-0.39, 0.29) is 5.97 Å². The predicted octanol–water partition coefficient (Wildman–Crippen LogP) is 2.15. The number of esters is 1. The molecule has 0 bridgehead atoms. The molecule has 1 heterocycles. The molecule has 1 aliphatic heterocycles. The summed E-state index contributed by atoms with van der Waals surface area (Å²) in [6, 6.07) is 6.37. The van der Waals surface area contributed by atoms with Gasteiger partial charge in [-0.2, -0.15) is 0 Å². The number of anilines is 1. The Hall–Kier alpha value is -1.51. The third-order valence-corrected chi connectivity index (χ3v) is 2.80. The van der Waals surface area contributed by atoms with Gasteiger partial charge in [0.05, 0.1) is 6.61 Å². The van der Waals surface area contributed by atoms with Gasteiger partial charge < -0.3 is 10.1 Å². The largest absolute Gasteiger partial charge is 0.466 e. The zero-order valence-electron chi connectivity index (χ0n) is 9.58. The molecule has 0 saturated carbocycles. The van der Waals surface area contributed by atoms with Gasteiger partial charge in [-0.3, -0.25) is 4.79 Å². The monoisotopic (exact) mass is 219 g/mol. The molecule has 0 amide bonds. The van der Waals surface area contributed by atoms with Gasteiger partial charge in [0.15, 0.2) is 0 Å². The van der Waals surface area contributed by atoms with Crippen molar-refractivity contribution >= 4 is 11.7 Å². The van der Waals surface area contributed by atoms with E-state index in [9.17, 15) is 4.79 Å². The smallest absolute Gasteiger partial charge is 0.306 e. The lowest BCUT2D eigenvalue weighted by Crippen LogP contribution is -2.05. The van der Waals surface area contributed by atoms with Gasteiger partial charge in [0.1, 0.15) is 0 Å². The lowest BCUT2D eigenvalue weighted by molar-refractivity contribution is -0.143. The summed E-state index contributed by atoms with van der Waals surface area (Å²) in [5.74, 6) is -0.110. The van der Waals surface area contributed by atoms with E-state index >= 15 is 0 Å². The molecule has 1 N–H and O–H groups in total. The average Bonchev–Trinajstić information content (AvgIpc) is 2.74. The van der Waals surface area contributed by atoms with Crippen molar-refractivity contribution in [2.75, 3.05) is 18.5 Å². The molecule has 2 rings (SSSR count). The lowest BCUT2D eigenvalue weighted by atomic mass is 10.0. The summed E-state index contributed by atoms with van der Waals surface area (Å²) < 4.78 is 4.90. The van der Waals surface area contributed by atoms with E-state index in [0.717, 1.165) is 19.4 Å². The van der Waals surface area contributed by atoms with Crippen molar-refractivity contribution in [2.24, 2.45) is 0 Å². The van der Waals surface area contributed by atoms with Crippen LogP contribution in [-0.2, 0) is 22.4 Å². The number of rotatable bonds is 4. The van der Waals surface area contributed by atoms with Crippen molar-refractivity contribution < 1.29 is 9.53 Å². The second-order valence-corrected chi connectivity index (χ2v) is 3.97. The first-order valence-corrected chi connectivity index (χ1v) is 5.81. The number of carbonyl (C=O) groups is 1. The van der Waals surface area contributed by atoms with Crippen molar-refractivity contribution in [3.63, 3.8) is 0 Å². The van der Waals surface area contributed by atoms with Crippen LogP contribution in [0.3, 0.4) is 0 Å². The standard InChI is InChI=1S/C13H17NO2/c1-2-16-13(15)6-4-10-3-5-12-11(9-10)7-8-14-12/h3,5,9,14H,2,4,6-8H2,1H3. The van der Waals surface area contributed by atoms with Crippen LogP contribution >= 0.6 is 0 Å². The zero-order chi connectivity index (χ0) is 11.4. The molecule has 1 aliphatic rings. The Bertz CT molecular complexity index is 388. The number of hydrogen-bond donors (Lipinski definition) is 1. The van der Waals surface area contributed by atoms with Crippen molar-refractivity contribution in [3.05, 3.63) is 29.3 Å². The molecule has 3 nitrogen and oxygen atoms in total. The van der Waals surface area contributed by atoms with Gasteiger partial charge in [-0.05, 0) is 37.0 Å². The lowest BCUT2D eigenvalue weighted by Gasteiger charge is -2.04. The predicted molar refractivity (Wildman–Crippen MR) is 63.6 cm³/mol. The van der Waals surface area contributed by atoms with Gasteiger partial charge >= 0.3 is 5.97 Å². The van der Waals surface area contributed by atoms with Crippen LogP contribution in [0.2, 0.25) is 0 Å². The maximum absolute atomic E-state index is 11.2. The highest BCUT2D eigenvalue weighted by Gasteiger charge is 2.10. The summed E-state index contributed by atoms with van der Waals surface area (Å²) in [5, 5.41) is 3.32. The van der Waals surface area contributed by atoms with Crippen molar-refractivity contribution in [1.29, 1.82) is 0 Å². The molecule has 0 aliphatic carbocycles. The second kappa shape index (κ2) is 5.01. The van der Waals surface area contributed by atoms with Gasteiger partial charge in [0, 0.05) is 18.7 Å². The highest BCUT2D eigenvalue weighted by molar-refractivity contribution is 5.69. The fourth-order valence-corrected chi connectivity index (χ4v) is 1.99. The maximum atomic E-state index is 11.2. The molecule has 86 valence electrons. The number of carbonyl (C=O) groups excluding carboxylic acids is 1. The van der Waals surface area contributed by atoms with Crippen molar-refractivity contribution in [2.45, 2.75) is 26.2 Å². The van der Waals surface area contributed by atoms with Crippen LogP contribution in [0.25, 0.3) is 0 Å². The third-order valence-electron chi connectivity index (χ3n) is 2.80. The van der Waals surface area contributed by atoms with Crippen LogP contribution in [0.1, 0.15) is 24.5 Å². The fourth-order valence-electron chi connectivity index (χ4n) is 1.99. The summed E-state index contributed by atoms with van der Waals surface area (Å²) >= 11 is 0. The highest BCUT2D eigenvalue weighted by Crippen LogP contribution is 2.23. The molecule has 0 saturated heterocycles. The number of benzene rings is 1. The molecule has 0 aromatic heterocycles. The Morgan fingerprint density at radius 2 is 2.38 bits per heavy atom. The summed E-state index contributed by atoms with van der Waals surface area (Å²) in [4.78, 5) is 11.2. The molecule has 0 radical (unpaired) electrons. The Morgan fingerprint density at radius 1 is 1.50 bits per heavy atom. The van der Waals surface area contributed by atoms with Gasteiger partial charge in [0.25, 0.3) is 0 Å². The summed E-state index contributed by atoms with van der Waals surface area (Å²) in [6.07, 6.45) is 2.33. The molecule has 1 aromatic carbocycles. The minimum absolute atomic E-state index is 0.110. The Kier molecular flexibility index (Phi) is 3.44. The first-order valence-electron chi connectivity index (χ1n) is 5.81. The van der Waals surface area contributed by atoms with Gasteiger partial charge in [-0.15, -0.1) is 0 Å². The minimum atomic E-state index is -0.110. The molecular weight excluding hydrogens is 202 g/mol. The molecule has 16 heavy (non-hydrogen) atoms. The molecular formula is C13H17NO2. The fraction of sp³-hybridized carbons (Fsp3) is 0.462. The number of nitrogens with one attached hydrogen (secondary N) is 1. The highest BCUT2D eigenvalue weighted by atomic mass is 16.5. The minimum Gasteiger partial charge on any atom is -0.466 e. The number of ether oxygens (including phenoxy) is 1. The van der Waals surface area contributed by atoms with E-state index in [1.165, 1.54) is 16.8 Å². The van der Waals surface area contributed by atoms with Crippen molar-refractivity contribution in [1.82, 2.24) is 0 Å². The average molecular weight is 219 g/mol. The van der Waals surface area contributed by atoms with E-state index in [1.807, 2.05) is 6.92 Å². The van der Waals surface area contributed by atoms with Crippen LogP contribution in [0.4, 0.5) is 5.69 Å². The quantitative estimate of drug-likeness (QED) is 0.788. The number of hydrogen-bond acceptors (Lipinski definition) is 3. The summed E-state index contributed by atoms with van der Waals surface area (Å²) in [6.45, 7) is 3.32. The van der Waals surface area contributed by atoms with Gasteiger partial charge in [-0.1, -0.05) is 12.1 Å². The van der Waals surface area contributed by atoms with E-state index in [2.05, 4.69) is 23.5 Å². The topological polar surface area (TPSA) is 38.3 Å². The normalized spacial score (nSPS) is 13.1. The number of aryl methyl sites for hydroxylation is 1. The van der Waals surface area contributed by atoms with Crippen LogP contribution in [0.5, 0.6) is 0 Å². The summed E-state index contributed by atoms with van der Waals surface area (Å²) in [5.41, 5.74) is 3.82. The molecule has 1 aromatic rings. The van der Waals surface area contributed by atoms with Crippen LogP contribution in [0, 0.1) is 0 Å². The van der Waals surface area contributed by atoms with Crippen LogP contribution in [-0.4, -0.2) is 19.1 Å².